The summed E-state index contributed by atoms with van der Waals surface area (Å²) in [6.45, 7) is 6.96. The molecule has 1 aliphatic carbocycles. The second kappa shape index (κ2) is 11.4. The highest BCUT2D eigenvalue weighted by molar-refractivity contribution is 5.70. The quantitative estimate of drug-likeness (QED) is 0.273. The minimum absolute atomic E-state index is 0.0669. The molecular weight excluding hydrogens is 554 g/mol. The number of carbonyl (C=O) groups is 1. The summed E-state index contributed by atoms with van der Waals surface area (Å²) in [6.07, 6.45) is 3.09. The maximum atomic E-state index is 14.8. The third kappa shape index (κ3) is 5.98. The van der Waals surface area contributed by atoms with Gasteiger partial charge < -0.3 is 15.0 Å². The van der Waals surface area contributed by atoms with Gasteiger partial charge in [0.15, 0.2) is 17.3 Å². The van der Waals surface area contributed by atoms with Crippen molar-refractivity contribution in [1.82, 2.24) is 24.4 Å². The van der Waals surface area contributed by atoms with Gasteiger partial charge >= 0.3 is 11.8 Å². The van der Waals surface area contributed by atoms with Gasteiger partial charge in [0.25, 0.3) is 0 Å². The molecule has 0 saturated carbocycles. The fourth-order valence-corrected chi connectivity index (χ4v) is 6.31. The first kappa shape index (κ1) is 28.8. The van der Waals surface area contributed by atoms with Crippen LogP contribution in [0.1, 0.15) is 81.3 Å². The Bertz CT molecular complexity index is 1700. The van der Waals surface area contributed by atoms with E-state index in [0.29, 0.717) is 67.9 Å². The molecule has 1 aliphatic heterocycles. The van der Waals surface area contributed by atoms with Gasteiger partial charge in [0.1, 0.15) is 11.9 Å². The Morgan fingerprint density at radius 2 is 1.84 bits per heavy atom. The molecule has 1 amide bonds. The van der Waals surface area contributed by atoms with E-state index in [1.807, 2.05) is 39.0 Å². The normalized spacial score (nSPS) is 19.6. The summed E-state index contributed by atoms with van der Waals surface area (Å²) in [5.74, 6) is -1.35. The molecule has 2 aliphatic rings. The molecule has 226 valence electrons. The molecule has 11 heteroatoms. The van der Waals surface area contributed by atoms with Crippen LogP contribution in [0.2, 0.25) is 0 Å². The Morgan fingerprint density at radius 1 is 1.05 bits per heavy atom. The number of nitrogens with one attached hydrogen (secondary N) is 2. The van der Waals surface area contributed by atoms with Crippen molar-refractivity contribution in [3.8, 4) is 0 Å². The number of benzene rings is 1. The van der Waals surface area contributed by atoms with Crippen LogP contribution >= 0.6 is 0 Å². The van der Waals surface area contributed by atoms with E-state index in [1.54, 1.807) is 27.8 Å². The summed E-state index contributed by atoms with van der Waals surface area (Å²) < 4.78 is 36.8. The van der Waals surface area contributed by atoms with Gasteiger partial charge in [0.2, 0.25) is 0 Å². The minimum Gasteiger partial charge on any atom is -0.440 e. The molecule has 0 spiro atoms. The number of hydrogen-bond donors (Lipinski definition) is 2. The summed E-state index contributed by atoms with van der Waals surface area (Å²) in [7, 11) is 0. The zero-order valence-corrected chi connectivity index (χ0v) is 24.6. The van der Waals surface area contributed by atoms with Crippen LogP contribution in [0.15, 0.2) is 53.5 Å². The Labute approximate surface area is 248 Å². The summed E-state index contributed by atoms with van der Waals surface area (Å²) in [5.41, 5.74) is 2.64. The van der Waals surface area contributed by atoms with Crippen LogP contribution in [-0.2, 0) is 11.2 Å². The Morgan fingerprint density at radius 3 is 2.60 bits per heavy atom. The molecule has 0 bridgehead atoms. The molecule has 6 rings (SSSR count). The predicted molar refractivity (Wildman–Crippen MR) is 159 cm³/mol. The van der Waals surface area contributed by atoms with Crippen LogP contribution < -0.4 is 11.0 Å². The molecule has 0 unspecified atom stereocenters. The minimum atomic E-state index is -0.873. The van der Waals surface area contributed by atoms with Crippen molar-refractivity contribution in [3.63, 3.8) is 0 Å². The number of pyridine rings is 2. The largest absolute Gasteiger partial charge is 0.440 e. The average Bonchev–Trinajstić information content (AvgIpc) is 3.21. The first-order valence-corrected chi connectivity index (χ1v) is 14.8. The van der Waals surface area contributed by atoms with Gasteiger partial charge in [0, 0.05) is 30.9 Å². The van der Waals surface area contributed by atoms with Crippen molar-refractivity contribution in [1.29, 1.82) is 0 Å². The number of hydrogen-bond acceptors (Lipinski definition) is 6. The van der Waals surface area contributed by atoms with Crippen molar-refractivity contribution < 1.29 is 18.3 Å². The zero-order valence-electron chi connectivity index (χ0n) is 24.6. The second-order valence-corrected chi connectivity index (χ2v) is 12.5. The van der Waals surface area contributed by atoms with Gasteiger partial charge in [-0.25, -0.2) is 28.3 Å². The number of piperidine rings is 1. The number of ether oxygens (including phenoxy) is 1. The van der Waals surface area contributed by atoms with Gasteiger partial charge in [0.05, 0.1) is 11.2 Å². The lowest BCUT2D eigenvalue weighted by atomic mass is 9.90. The summed E-state index contributed by atoms with van der Waals surface area (Å²) in [4.78, 5) is 39.7. The van der Waals surface area contributed by atoms with E-state index in [1.165, 1.54) is 6.07 Å². The van der Waals surface area contributed by atoms with Crippen molar-refractivity contribution >= 4 is 23.1 Å². The molecule has 1 fully saturated rings. The SMILES string of the molecule is CC(C)(C)Nc1ccc2c(n1)[C@H](OC(=O)N1CCC(n3c(=O)[nH]c4ncccc43)CC1)CC[C@@H](c1cccc(F)c1F)C2. The molecule has 43 heavy (non-hydrogen) atoms. The van der Waals surface area contributed by atoms with E-state index >= 15 is 0 Å². The number of aromatic nitrogens is 4. The lowest BCUT2D eigenvalue weighted by Gasteiger charge is -2.33. The van der Waals surface area contributed by atoms with E-state index in [-0.39, 0.29) is 23.2 Å². The maximum Gasteiger partial charge on any atom is 0.410 e. The Hall–Kier alpha value is -4.28. The Kier molecular flexibility index (Phi) is 7.66. The van der Waals surface area contributed by atoms with Crippen molar-refractivity contribution in [2.45, 2.75) is 76.5 Å². The molecule has 4 heterocycles. The molecule has 1 aromatic carbocycles. The second-order valence-electron chi connectivity index (χ2n) is 12.5. The van der Waals surface area contributed by atoms with Crippen LogP contribution in [0.3, 0.4) is 0 Å². The third-order valence-corrected chi connectivity index (χ3v) is 8.31. The predicted octanol–water partition coefficient (Wildman–Crippen LogP) is 6.24. The molecule has 1 saturated heterocycles. The number of aromatic amines is 1. The number of fused-ring (bicyclic) bond motifs is 2. The van der Waals surface area contributed by atoms with E-state index in [4.69, 9.17) is 9.72 Å². The van der Waals surface area contributed by atoms with Crippen molar-refractivity contribution in [3.05, 3.63) is 87.6 Å². The molecule has 2 N–H and O–H groups in total. The summed E-state index contributed by atoms with van der Waals surface area (Å²) in [6, 6.07) is 11.7. The van der Waals surface area contributed by atoms with Crippen LogP contribution in [0.4, 0.5) is 19.4 Å². The number of likely N-dealkylation sites (tertiary alicyclic amines) is 1. The lowest BCUT2D eigenvalue weighted by molar-refractivity contribution is 0.0473. The number of carbonyl (C=O) groups excluding carboxylic acids is 1. The highest BCUT2D eigenvalue weighted by atomic mass is 19.2. The molecule has 0 radical (unpaired) electrons. The average molecular weight is 591 g/mol. The van der Waals surface area contributed by atoms with Crippen LogP contribution in [0.5, 0.6) is 0 Å². The molecule has 9 nitrogen and oxygen atoms in total. The molecule has 4 aromatic rings. The van der Waals surface area contributed by atoms with Gasteiger partial charge in [-0.15, -0.1) is 0 Å². The summed E-state index contributed by atoms with van der Waals surface area (Å²) in [5, 5.41) is 3.38. The van der Waals surface area contributed by atoms with Gasteiger partial charge in [-0.1, -0.05) is 18.2 Å². The zero-order chi connectivity index (χ0) is 30.3. The number of halogens is 2. The van der Waals surface area contributed by atoms with Crippen molar-refractivity contribution in [2.24, 2.45) is 0 Å². The number of imidazole rings is 1. The summed E-state index contributed by atoms with van der Waals surface area (Å²) >= 11 is 0. The molecular formula is C32H36F2N6O3. The first-order valence-electron chi connectivity index (χ1n) is 14.8. The van der Waals surface area contributed by atoms with Crippen LogP contribution in [0.25, 0.3) is 11.2 Å². The number of amides is 1. The number of rotatable bonds is 4. The number of anilines is 1. The standard InChI is InChI=1S/C32H36F2N6O3/c1-32(2,3)38-26-12-10-20-18-19(22-6-4-7-23(33)27(22)34)9-11-25(28(20)36-26)43-31(42)39-16-13-21(14-17-39)40-24-8-5-15-35-29(24)37-30(40)41/h4-8,10,12,15,19,21,25H,9,11,13-14,16-18H2,1-3H3,(H,36,38)(H,35,37,41)/t19-,25-/m1/s1. The monoisotopic (exact) mass is 590 g/mol. The third-order valence-electron chi connectivity index (χ3n) is 8.31. The fourth-order valence-electron chi connectivity index (χ4n) is 6.31. The van der Waals surface area contributed by atoms with Crippen LogP contribution in [-0.4, -0.2) is 49.1 Å². The fraction of sp³-hybridized carbons (Fsp3) is 0.438. The van der Waals surface area contributed by atoms with E-state index in [9.17, 15) is 18.4 Å². The Balaban J connectivity index is 1.21. The first-order chi connectivity index (χ1) is 20.6. The maximum absolute atomic E-state index is 14.8. The van der Waals surface area contributed by atoms with Gasteiger partial charge in [-0.2, -0.15) is 0 Å². The molecule has 3 aromatic heterocycles. The van der Waals surface area contributed by atoms with Crippen molar-refractivity contribution in [2.75, 3.05) is 18.4 Å². The smallest absolute Gasteiger partial charge is 0.410 e. The lowest BCUT2D eigenvalue weighted by Crippen LogP contribution is -2.41. The van der Waals surface area contributed by atoms with E-state index in [0.717, 1.165) is 17.1 Å². The van der Waals surface area contributed by atoms with Crippen LogP contribution in [0, 0.1) is 11.6 Å². The number of H-pyrrole nitrogens is 1. The topological polar surface area (TPSA) is 105 Å². The van der Waals surface area contributed by atoms with E-state index in [2.05, 4.69) is 15.3 Å². The molecule has 2 atom stereocenters. The van der Waals surface area contributed by atoms with Gasteiger partial charge in [-0.3, -0.25) is 9.55 Å². The highest BCUT2D eigenvalue weighted by Crippen LogP contribution is 2.39. The van der Waals surface area contributed by atoms with E-state index < -0.39 is 23.8 Å². The highest BCUT2D eigenvalue weighted by Gasteiger charge is 2.33. The number of nitrogens with zero attached hydrogens (tertiary/aromatic N) is 4. The van der Waals surface area contributed by atoms with Gasteiger partial charge in [-0.05, 0) is 94.2 Å².